The van der Waals surface area contributed by atoms with E-state index >= 15 is 9.59 Å². The van der Waals surface area contributed by atoms with Crippen LogP contribution in [0.15, 0.2) is 102 Å². The Labute approximate surface area is 382 Å². The van der Waals surface area contributed by atoms with Crippen molar-refractivity contribution in [2.45, 2.75) is 115 Å². The van der Waals surface area contributed by atoms with E-state index in [2.05, 4.69) is 5.32 Å². The first kappa shape index (κ1) is 47.9. The van der Waals surface area contributed by atoms with Gasteiger partial charge in [-0.2, -0.15) is 0 Å². The molecular formula is C50H56N2O14. The average molecular weight is 909 g/mol. The number of aliphatic hydroxyl groups excluding tert-OH is 1. The molecule has 0 aromatic heterocycles. The highest BCUT2D eigenvalue weighted by Gasteiger charge is 2.78. The topological polar surface area (TPSA) is 244 Å². The maximum absolute atomic E-state index is 15.8. The van der Waals surface area contributed by atoms with Gasteiger partial charge in [0, 0.05) is 37.2 Å². The van der Waals surface area contributed by atoms with Gasteiger partial charge in [-0.05, 0) is 62.6 Å². The molecule has 3 fully saturated rings. The largest absolute Gasteiger partial charge is 0.455 e. The van der Waals surface area contributed by atoms with Crippen molar-refractivity contribution in [1.82, 2.24) is 5.32 Å². The van der Waals surface area contributed by atoms with Crippen molar-refractivity contribution in [3.05, 3.63) is 119 Å². The first-order valence-electron chi connectivity index (χ1n) is 21.9. The summed E-state index contributed by atoms with van der Waals surface area (Å²) in [6.45, 7) is 9.25. The molecule has 2 bridgehead atoms. The molecule has 12 atom stereocenters. The number of allylic oxidation sites excluding steroid dienone is 1. The minimum atomic E-state index is -2.48. The fourth-order valence-corrected chi connectivity index (χ4v) is 10.8. The number of carbonyl (C=O) groups excluding carboxylic acids is 7. The number of hydrogen-bond donors (Lipinski definition) is 4. The van der Waals surface area contributed by atoms with Crippen molar-refractivity contribution in [3.8, 4) is 0 Å². The second-order valence-corrected chi connectivity index (χ2v) is 18.6. The summed E-state index contributed by atoms with van der Waals surface area (Å²) in [7, 11) is 0. The van der Waals surface area contributed by atoms with Gasteiger partial charge >= 0.3 is 23.9 Å². The Morgan fingerprint density at radius 2 is 1.42 bits per heavy atom. The third-order valence-corrected chi connectivity index (χ3v) is 14.3. The number of rotatable bonds is 12. The lowest BCUT2D eigenvalue weighted by atomic mass is 9.44. The van der Waals surface area contributed by atoms with Gasteiger partial charge in [-0.25, -0.2) is 4.79 Å². The molecule has 4 aliphatic rings. The predicted octanol–water partition coefficient (Wildman–Crippen LogP) is 3.91. The lowest BCUT2D eigenvalue weighted by molar-refractivity contribution is -0.345. The Hall–Kier alpha value is -6.07. The highest BCUT2D eigenvalue weighted by atomic mass is 16.6. The summed E-state index contributed by atoms with van der Waals surface area (Å²) in [5.74, 6) is -9.22. The van der Waals surface area contributed by atoms with Crippen molar-refractivity contribution >= 4 is 41.4 Å². The zero-order valence-electron chi connectivity index (χ0n) is 37.8. The number of esters is 4. The van der Waals surface area contributed by atoms with Crippen LogP contribution in [-0.2, 0) is 47.7 Å². The van der Waals surface area contributed by atoms with Crippen molar-refractivity contribution < 1.29 is 67.5 Å². The van der Waals surface area contributed by atoms with Crippen LogP contribution in [0.3, 0.4) is 0 Å². The molecule has 1 aliphatic heterocycles. The average Bonchev–Trinajstić information content (AvgIpc) is 3.28. The maximum atomic E-state index is 15.8. The fraction of sp³-hybridized carbons (Fsp3) is 0.460. The van der Waals surface area contributed by atoms with Crippen LogP contribution in [0.2, 0.25) is 0 Å². The number of benzene rings is 3. The highest BCUT2D eigenvalue weighted by Crippen LogP contribution is 2.65. The van der Waals surface area contributed by atoms with E-state index in [1.54, 1.807) is 92.7 Å². The third-order valence-electron chi connectivity index (χ3n) is 14.3. The van der Waals surface area contributed by atoms with Gasteiger partial charge in [0.25, 0.3) is 5.91 Å². The summed E-state index contributed by atoms with van der Waals surface area (Å²) in [5.41, 5.74) is -1.40. The molecular weight excluding hydrogens is 853 g/mol. The van der Waals surface area contributed by atoms with Crippen LogP contribution >= 0.6 is 0 Å². The molecule has 16 nitrogen and oxygen atoms in total. The van der Waals surface area contributed by atoms with Crippen LogP contribution in [0, 0.1) is 22.7 Å². The SMILES string of the molecule is CC(=O)O[C@H]1C(=O)[C@@]2(C)[C@H]([C@H](OC(=O)c3ccccc3)[C@]3(O)C[C@H](C(=O)[C@H](OC(=O)C(C)N)[C@@H](NC(=O)c4ccccc4)c4ccccc4)C(C)=C1C3(C)C)[C@]1(OC(C)=O)CO[C@@H]1C[C@@H]2O. The summed E-state index contributed by atoms with van der Waals surface area (Å²) < 4.78 is 30.4. The van der Waals surface area contributed by atoms with Gasteiger partial charge in [-0.1, -0.05) is 86.2 Å². The van der Waals surface area contributed by atoms with E-state index in [1.165, 1.54) is 32.9 Å². The lowest BCUT2D eigenvalue weighted by Crippen LogP contribution is -2.81. The molecule has 3 aromatic carbocycles. The second-order valence-electron chi connectivity index (χ2n) is 18.6. The van der Waals surface area contributed by atoms with Crippen molar-refractivity contribution in [2.75, 3.05) is 6.61 Å². The van der Waals surface area contributed by atoms with E-state index in [-0.39, 0.29) is 35.3 Å². The number of ketones is 2. The standard InChI is InChI=1S/C50H56N2O14/c1-26-33(38(56)40(64-45(59)27(2)51)37(30-17-11-8-12-18-30)52-44(58)31-19-13-9-14-20-31)24-50(61)43(65-46(60)32-21-15-10-16-22-32)41-48(7,34(55)23-35-49(41,25-62-35)66-29(4)54)42(57)39(63-28(3)53)36(26)47(50,5)6/h8-22,27,33-35,37,39-41,43,55,61H,23-25,51H2,1-7H3,(H,52,58)/t27?,33-,34-,35+,37-,39+,40+,41-,43-,48+,49-,50+/m0/s1. The summed E-state index contributed by atoms with van der Waals surface area (Å²) in [6.07, 6.45) is -9.14. The van der Waals surface area contributed by atoms with Gasteiger partial charge in [-0.15, -0.1) is 0 Å². The molecule has 1 heterocycles. The number of amides is 1. The number of fused-ring (bicyclic) bond motifs is 5. The van der Waals surface area contributed by atoms with E-state index < -0.39 is 124 Å². The predicted molar refractivity (Wildman–Crippen MR) is 234 cm³/mol. The Kier molecular flexibility index (Phi) is 13.0. The van der Waals surface area contributed by atoms with Crippen LogP contribution in [-0.4, -0.2) is 106 Å². The van der Waals surface area contributed by atoms with Gasteiger partial charge in [0.1, 0.15) is 23.9 Å². The minimum absolute atomic E-state index is 0.0437. The Bertz CT molecular complexity index is 2440. The second kappa shape index (κ2) is 18.0. The van der Waals surface area contributed by atoms with Gasteiger partial charge in [0.05, 0.1) is 35.6 Å². The molecule has 1 amide bonds. The van der Waals surface area contributed by atoms with E-state index in [0.717, 1.165) is 13.8 Å². The molecule has 66 heavy (non-hydrogen) atoms. The normalized spacial score (nSPS) is 31.1. The van der Waals surface area contributed by atoms with Gasteiger partial charge < -0.3 is 44.9 Å². The summed E-state index contributed by atoms with van der Waals surface area (Å²) in [5, 5.41) is 29.1. The molecule has 1 saturated heterocycles. The molecule has 16 heteroatoms. The van der Waals surface area contributed by atoms with Crippen molar-refractivity contribution in [1.29, 1.82) is 0 Å². The molecule has 7 rings (SSSR count). The summed E-state index contributed by atoms with van der Waals surface area (Å²) in [6, 6.07) is 21.6. The first-order valence-corrected chi connectivity index (χ1v) is 21.9. The summed E-state index contributed by atoms with van der Waals surface area (Å²) >= 11 is 0. The van der Waals surface area contributed by atoms with Gasteiger partial charge in [-0.3, -0.25) is 28.8 Å². The Balaban J connectivity index is 1.50. The van der Waals surface area contributed by atoms with Crippen LogP contribution in [0.25, 0.3) is 0 Å². The van der Waals surface area contributed by atoms with Gasteiger partial charge in [0.15, 0.2) is 29.4 Å². The molecule has 2 saturated carbocycles. The molecule has 0 radical (unpaired) electrons. The number of nitrogens with two attached hydrogens (primary N) is 1. The number of ether oxygens (including phenoxy) is 5. The number of nitrogens with one attached hydrogen (secondary N) is 1. The fourth-order valence-electron chi connectivity index (χ4n) is 10.8. The first-order chi connectivity index (χ1) is 31.1. The number of carbonyl (C=O) groups is 7. The van der Waals surface area contributed by atoms with Crippen LogP contribution in [0.5, 0.6) is 0 Å². The van der Waals surface area contributed by atoms with E-state index in [9.17, 15) is 34.2 Å². The highest BCUT2D eigenvalue weighted by molar-refractivity contribution is 5.98. The monoisotopic (exact) mass is 908 g/mol. The summed E-state index contributed by atoms with van der Waals surface area (Å²) in [4.78, 5) is 99.9. The Morgan fingerprint density at radius 3 is 1.95 bits per heavy atom. The minimum Gasteiger partial charge on any atom is -0.455 e. The zero-order valence-corrected chi connectivity index (χ0v) is 37.8. The smallest absolute Gasteiger partial charge is 0.338 e. The van der Waals surface area contributed by atoms with Crippen LogP contribution in [0.1, 0.15) is 93.6 Å². The van der Waals surface area contributed by atoms with Gasteiger partial charge in [0.2, 0.25) is 0 Å². The van der Waals surface area contributed by atoms with Crippen molar-refractivity contribution in [2.24, 2.45) is 28.4 Å². The molecule has 350 valence electrons. The van der Waals surface area contributed by atoms with E-state index in [1.807, 2.05) is 0 Å². The number of aliphatic hydroxyl groups is 2. The zero-order chi connectivity index (χ0) is 48.1. The number of Topliss-reactive ketones (excluding diaryl/α,β-unsaturated/α-hetero) is 2. The van der Waals surface area contributed by atoms with Crippen LogP contribution < -0.4 is 11.1 Å². The van der Waals surface area contributed by atoms with Crippen molar-refractivity contribution in [3.63, 3.8) is 0 Å². The molecule has 3 aromatic rings. The van der Waals surface area contributed by atoms with E-state index in [4.69, 9.17) is 29.4 Å². The molecule has 1 unspecified atom stereocenters. The number of hydrogen-bond acceptors (Lipinski definition) is 15. The molecule has 5 N–H and O–H groups in total. The molecule has 0 spiro atoms. The quantitative estimate of drug-likeness (QED) is 0.114. The lowest BCUT2D eigenvalue weighted by Gasteiger charge is -2.67. The van der Waals surface area contributed by atoms with Crippen LogP contribution in [0.4, 0.5) is 0 Å². The maximum Gasteiger partial charge on any atom is 0.338 e. The Morgan fingerprint density at radius 1 is 0.848 bits per heavy atom. The van der Waals surface area contributed by atoms with E-state index in [0.29, 0.717) is 5.56 Å². The third kappa shape index (κ3) is 8.03. The molecule has 3 aliphatic carbocycles.